The summed E-state index contributed by atoms with van der Waals surface area (Å²) < 4.78 is 1.16. The van der Waals surface area contributed by atoms with E-state index in [1.54, 1.807) is 90.4 Å². The van der Waals surface area contributed by atoms with Crippen LogP contribution < -0.4 is 31.9 Å². The van der Waals surface area contributed by atoms with Crippen LogP contribution >= 0.6 is 136 Å². The fourth-order valence-corrected chi connectivity index (χ4v) is 13.7. The summed E-state index contributed by atoms with van der Waals surface area (Å²) in [6.45, 7) is -4.51. The molecular weight excluding hydrogens is 1450 g/mol. The van der Waals surface area contributed by atoms with E-state index in [-0.39, 0.29) is 80.5 Å². The van der Waals surface area contributed by atoms with Crippen molar-refractivity contribution in [3.63, 3.8) is 0 Å². The fourth-order valence-electron chi connectivity index (χ4n) is 4.52. The number of aliphatic hydroxyl groups excluding tert-OH is 9. The average molecular weight is 1490 g/mol. The molecule has 0 spiro atoms. The Morgan fingerprint density at radius 1 is 0.362 bits per heavy atom. The monoisotopic (exact) mass is 1490 g/mol. The van der Waals surface area contributed by atoms with Gasteiger partial charge >= 0.3 is 0 Å². The highest BCUT2D eigenvalue weighted by atomic mass is 127. The summed E-state index contributed by atoms with van der Waals surface area (Å²) in [6.07, 6.45) is -6.43. The SMILES string of the molecule is O=C(NCC(O)CO)c1c(I)c(NCC(O)CNC(=O)c2c(I)c(C(=O)NCC(O)CO)c(I)c(C(=O)NCC(O)CO)c2I)c(I)c(C(=O)NCC(O)CO)c1I. The van der Waals surface area contributed by atoms with Gasteiger partial charge in [0.2, 0.25) is 0 Å². The molecule has 0 heterocycles. The highest BCUT2D eigenvalue weighted by Gasteiger charge is 2.32. The molecule has 0 aliphatic carbocycles. The number of carbonyl (C=O) groups excluding carboxylic acids is 5. The zero-order chi connectivity index (χ0) is 44.0. The second kappa shape index (κ2) is 26.3. The number of halogens is 6. The van der Waals surface area contributed by atoms with Gasteiger partial charge in [0.25, 0.3) is 29.5 Å². The number of aliphatic hydroxyl groups is 9. The smallest absolute Gasteiger partial charge is 0.253 e. The molecule has 5 atom stereocenters. The van der Waals surface area contributed by atoms with Crippen molar-refractivity contribution in [1.29, 1.82) is 0 Å². The minimum absolute atomic E-state index is 0.0178. The summed E-state index contributed by atoms with van der Waals surface area (Å²) in [6, 6.07) is 0. The number of nitrogens with one attached hydrogen (secondary N) is 6. The van der Waals surface area contributed by atoms with E-state index in [1.807, 2.05) is 45.2 Å². The van der Waals surface area contributed by atoms with Crippen LogP contribution in [0.1, 0.15) is 51.8 Å². The second-order valence-corrected chi connectivity index (χ2v) is 18.5. The van der Waals surface area contributed by atoms with Crippen molar-refractivity contribution in [3.05, 3.63) is 49.2 Å². The van der Waals surface area contributed by atoms with Gasteiger partial charge in [-0.25, -0.2) is 0 Å². The van der Waals surface area contributed by atoms with E-state index in [9.17, 15) is 69.9 Å². The second-order valence-electron chi connectivity index (χ2n) is 12.1. The minimum atomic E-state index is -1.33. The molecule has 0 saturated carbocycles. The summed E-state index contributed by atoms with van der Waals surface area (Å²) in [5.41, 5.74) is -0.0579. The average Bonchev–Trinajstić information content (AvgIpc) is 3.18. The van der Waals surface area contributed by atoms with Gasteiger partial charge in [-0.1, -0.05) is 0 Å². The maximum absolute atomic E-state index is 13.8. The third kappa shape index (κ3) is 14.9. The van der Waals surface area contributed by atoms with Gasteiger partial charge in [0.15, 0.2) is 0 Å². The molecule has 0 aliphatic rings. The summed E-state index contributed by atoms with van der Waals surface area (Å²) in [5.74, 6) is -3.76. The minimum Gasteiger partial charge on any atom is -0.394 e. The molecule has 2 rings (SSSR count). The number of anilines is 1. The van der Waals surface area contributed by atoms with Gasteiger partial charge in [0, 0.05) is 53.5 Å². The summed E-state index contributed by atoms with van der Waals surface area (Å²) in [7, 11) is 0. The van der Waals surface area contributed by atoms with Gasteiger partial charge in [-0.3, -0.25) is 24.0 Å². The van der Waals surface area contributed by atoms with Crippen molar-refractivity contribution >= 4 is 171 Å². The lowest BCUT2D eigenvalue weighted by atomic mass is 10.0. The van der Waals surface area contributed by atoms with E-state index in [0.29, 0.717) is 7.14 Å². The molecule has 26 heteroatoms. The van der Waals surface area contributed by atoms with Crippen molar-refractivity contribution in [2.75, 3.05) is 71.0 Å². The Kier molecular flexibility index (Phi) is 24.4. The van der Waals surface area contributed by atoms with Crippen LogP contribution in [-0.4, -0.2) is 172 Å². The number of hydrogen-bond donors (Lipinski definition) is 15. The van der Waals surface area contributed by atoms with Crippen molar-refractivity contribution in [2.24, 2.45) is 0 Å². The van der Waals surface area contributed by atoms with Crippen LogP contribution in [0.3, 0.4) is 0 Å². The Morgan fingerprint density at radius 2 is 0.569 bits per heavy atom. The third-order valence-corrected chi connectivity index (χ3v) is 14.1. The zero-order valence-electron chi connectivity index (χ0n) is 29.8. The van der Waals surface area contributed by atoms with E-state index in [4.69, 9.17) is 0 Å². The number of benzene rings is 2. The first-order chi connectivity index (χ1) is 27.3. The van der Waals surface area contributed by atoms with Crippen molar-refractivity contribution in [2.45, 2.75) is 30.5 Å². The van der Waals surface area contributed by atoms with Gasteiger partial charge in [0.05, 0.1) is 97.6 Å². The molecule has 0 saturated heterocycles. The molecule has 2 aromatic rings. The first kappa shape index (κ1) is 53.7. The number of carbonyl (C=O) groups is 5. The number of hydrogen-bond acceptors (Lipinski definition) is 15. The maximum Gasteiger partial charge on any atom is 0.253 e. The maximum atomic E-state index is 13.8. The molecule has 0 aliphatic heterocycles. The van der Waals surface area contributed by atoms with Crippen LogP contribution in [0.25, 0.3) is 0 Å². The van der Waals surface area contributed by atoms with Crippen LogP contribution in [0.4, 0.5) is 5.69 Å². The lowest BCUT2D eigenvalue weighted by Crippen LogP contribution is -2.39. The molecule has 5 unspecified atom stereocenters. The lowest BCUT2D eigenvalue weighted by molar-refractivity contribution is 0.0791. The fraction of sp³-hybridized carbons (Fsp3) is 0.469. The molecular formula is C32H40I6N6O14. The summed E-state index contributed by atoms with van der Waals surface area (Å²) in [5, 5.41) is 102. The Balaban J connectivity index is 2.48. The summed E-state index contributed by atoms with van der Waals surface area (Å²) >= 11 is 10.8. The highest BCUT2D eigenvalue weighted by Crippen LogP contribution is 2.36. The molecule has 58 heavy (non-hydrogen) atoms. The first-order valence-corrected chi connectivity index (χ1v) is 23.1. The molecule has 0 radical (unpaired) electrons. The predicted octanol–water partition coefficient (Wildman–Crippen LogP) is -2.15. The number of amides is 5. The first-order valence-electron chi connectivity index (χ1n) is 16.7. The highest BCUT2D eigenvalue weighted by molar-refractivity contribution is 14.1. The molecule has 5 amide bonds. The van der Waals surface area contributed by atoms with Gasteiger partial charge in [-0.15, -0.1) is 0 Å². The molecule has 0 fully saturated rings. The molecule has 2 aromatic carbocycles. The van der Waals surface area contributed by atoms with Gasteiger partial charge in [-0.05, 0) is 136 Å². The van der Waals surface area contributed by atoms with Crippen molar-refractivity contribution in [3.8, 4) is 0 Å². The molecule has 15 N–H and O–H groups in total. The Bertz CT molecular complexity index is 1720. The predicted molar refractivity (Wildman–Crippen MR) is 258 cm³/mol. The van der Waals surface area contributed by atoms with Crippen LogP contribution in [0.5, 0.6) is 0 Å². The topological polar surface area (TPSA) is 340 Å². The van der Waals surface area contributed by atoms with Crippen molar-refractivity contribution < 1.29 is 69.9 Å². The Morgan fingerprint density at radius 3 is 0.793 bits per heavy atom. The van der Waals surface area contributed by atoms with Crippen molar-refractivity contribution in [1.82, 2.24) is 26.6 Å². The Hall–Kier alpha value is -0.390. The van der Waals surface area contributed by atoms with E-state index in [0.717, 1.165) is 0 Å². The molecule has 324 valence electrons. The van der Waals surface area contributed by atoms with E-state index >= 15 is 0 Å². The standard InChI is InChI=1S/C32H40I6N6O14/c33-21-16(22(34)18(30(56)42-4-13(51)8-46)23(35)17(21)29(55)41-3-12(50)7-45)28(54)40-2-11(49)1-39-27-25(37)19(31(57)43-5-14(52)9-47)24(36)20(26(27)38)32(58)44-6-15(53)10-48/h11-15,39,45-53H,1-10H2,(H,40,54)(H,41,55)(H,42,56)(H,43,57)(H,44,58). The van der Waals surface area contributed by atoms with Gasteiger partial charge in [-0.2, -0.15) is 0 Å². The van der Waals surface area contributed by atoms with E-state index < -0.39 is 93.0 Å². The normalized spacial score (nSPS) is 13.8. The van der Waals surface area contributed by atoms with Gasteiger partial charge < -0.3 is 77.9 Å². The van der Waals surface area contributed by atoms with Crippen LogP contribution in [0.2, 0.25) is 0 Å². The quantitative estimate of drug-likeness (QED) is 0.0559. The Labute approximate surface area is 413 Å². The molecule has 0 aromatic heterocycles. The largest absolute Gasteiger partial charge is 0.394 e. The zero-order valence-corrected chi connectivity index (χ0v) is 42.7. The number of rotatable bonds is 22. The van der Waals surface area contributed by atoms with E-state index in [2.05, 4.69) is 31.9 Å². The lowest BCUT2D eigenvalue weighted by Gasteiger charge is -2.22. The van der Waals surface area contributed by atoms with Crippen LogP contribution in [0.15, 0.2) is 0 Å². The summed E-state index contributed by atoms with van der Waals surface area (Å²) in [4.78, 5) is 67.1. The third-order valence-electron chi connectivity index (χ3n) is 7.62. The van der Waals surface area contributed by atoms with Crippen LogP contribution in [-0.2, 0) is 0 Å². The van der Waals surface area contributed by atoms with E-state index in [1.165, 1.54) is 0 Å². The van der Waals surface area contributed by atoms with Gasteiger partial charge in [0.1, 0.15) is 0 Å². The molecule has 20 nitrogen and oxygen atoms in total. The molecule has 0 bridgehead atoms. The van der Waals surface area contributed by atoms with Crippen LogP contribution in [0, 0.1) is 21.4 Å².